The van der Waals surface area contributed by atoms with E-state index < -0.39 is 5.82 Å². The minimum Gasteiger partial charge on any atom is -0.380 e. The average molecular weight is 400 g/mol. The largest absolute Gasteiger partial charge is 0.380 e. The summed E-state index contributed by atoms with van der Waals surface area (Å²) in [5, 5.41) is 1.05. The number of benzene rings is 2. The maximum Gasteiger partial charge on any atom is 0.247 e. The van der Waals surface area contributed by atoms with Crippen LogP contribution in [-0.2, 0) is 20.8 Å². The van der Waals surface area contributed by atoms with E-state index in [0.29, 0.717) is 6.61 Å². The third kappa shape index (κ3) is 5.85. The number of anilines is 1. The number of hydrogen-bond donors (Lipinski definition) is 0. The Labute approximate surface area is 172 Å². The molecule has 1 aliphatic rings. The molecule has 0 bridgehead atoms. The van der Waals surface area contributed by atoms with Gasteiger partial charge >= 0.3 is 0 Å². The standard InChI is InChI=1S/C23H29FN2O3/c1-18(27)26(22-11-7-6-10-21(22)24)29-17-20-13-15-25(16-23(20)28-2)14-12-19-8-4-3-5-9-19/h3-11,20,23H,12-17H2,1-2H3. The number of methoxy groups -OCH3 is 1. The Balaban J connectivity index is 1.54. The molecule has 0 saturated carbocycles. The van der Waals surface area contributed by atoms with Crippen LogP contribution in [-0.4, -0.2) is 50.3 Å². The summed E-state index contributed by atoms with van der Waals surface area (Å²) in [7, 11) is 1.71. The minimum absolute atomic E-state index is 0.00829. The van der Waals surface area contributed by atoms with Crippen LogP contribution in [0, 0.1) is 11.7 Å². The van der Waals surface area contributed by atoms with Gasteiger partial charge in [0.25, 0.3) is 0 Å². The molecule has 2 aromatic rings. The molecule has 6 heteroatoms. The lowest BCUT2D eigenvalue weighted by Crippen LogP contribution is -2.47. The number of carbonyl (C=O) groups excluding carboxylic acids is 1. The monoisotopic (exact) mass is 400 g/mol. The summed E-state index contributed by atoms with van der Waals surface area (Å²) in [6, 6.07) is 16.6. The zero-order chi connectivity index (χ0) is 20.6. The number of ether oxygens (including phenoxy) is 1. The lowest BCUT2D eigenvalue weighted by atomic mass is 9.94. The minimum atomic E-state index is -0.485. The second-order valence-electron chi connectivity index (χ2n) is 7.42. The summed E-state index contributed by atoms with van der Waals surface area (Å²) in [4.78, 5) is 20.1. The van der Waals surface area contributed by atoms with Crippen molar-refractivity contribution in [3.63, 3.8) is 0 Å². The van der Waals surface area contributed by atoms with E-state index in [1.807, 2.05) is 6.07 Å². The van der Waals surface area contributed by atoms with Crippen molar-refractivity contribution in [1.29, 1.82) is 0 Å². The summed E-state index contributed by atoms with van der Waals surface area (Å²) in [6.45, 7) is 4.41. The number of hydrogen-bond acceptors (Lipinski definition) is 4. The predicted octanol–water partition coefficient (Wildman–Crippen LogP) is 3.69. The topological polar surface area (TPSA) is 42.0 Å². The van der Waals surface area contributed by atoms with E-state index in [2.05, 4.69) is 29.2 Å². The summed E-state index contributed by atoms with van der Waals surface area (Å²) >= 11 is 0. The Morgan fingerprint density at radius 2 is 1.90 bits per heavy atom. The van der Waals surface area contributed by atoms with E-state index in [9.17, 15) is 9.18 Å². The van der Waals surface area contributed by atoms with Crippen molar-refractivity contribution in [2.45, 2.75) is 25.9 Å². The number of rotatable bonds is 8. The van der Waals surface area contributed by atoms with Crippen molar-refractivity contribution in [2.24, 2.45) is 5.92 Å². The van der Waals surface area contributed by atoms with Crippen molar-refractivity contribution in [3.05, 3.63) is 66.0 Å². The lowest BCUT2D eigenvalue weighted by Gasteiger charge is -2.38. The van der Waals surface area contributed by atoms with Gasteiger partial charge in [0, 0.05) is 33.0 Å². The van der Waals surface area contributed by atoms with E-state index in [4.69, 9.17) is 9.57 Å². The Hall–Kier alpha value is -2.28. The van der Waals surface area contributed by atoms with E-state index >= 15 is 0 Å². The molecular weight excluding hydrogens is 371 g/mol. The molecule has 29 heavy (non-hydrogen) atoms. The second-order valence-corrected chi connectivity index (χ2v) is 7.42. The third-order valence-corrected chi connectivity index (χ3v) is 5.42. The highest BCUT2D eigenvalue weighted by atomic mass is 19.1. The number of para-hydroxylation sites is 1. The van der Waals surface area contributed by atoms with Gasteiger partial charge in [0.15, 0.2) is 0 Å². The van der Waals surface area contributed by atoms with Gasteiger partial charge in [-0.25, -0.2) is 4.39 Å². The molecule has 2 aromatic carbocycles. The van der Waals surface area contributed by atoms with Gasteiger partial charge in [-0.2, -0.15) is 5.06 Å². The number of piperidine rings is 1. The molecule has 0 spiro atoms. The molecule has 1 amide bonds. The van der Waals surface area contributed by atoms with Crippen LogP contribution < -0.4 is 5.06 Å². The van der Waals surface area contributed by atoms with E-state index in [0.717, 1.165) is 37.5 Å². The second kappa shape index (κ2) is 10.5. The van der Waals surface area contributed by atoms with Crippen molar-refractivity contribution in [3.8, 4) is 0 Å². The van der Waals surface area contributed by atoms with E-state index in [1.165, 1.54) is 24.6 Å². The first-order valence-corrected chi connectivity index (χ1v) is 10.1. The zero-order valence-corrected chi connectivity index (χ0v) is 17.1. The highest BCUT2D eigenvalue weighted by molar-refractivity contribution is 5.89. The Kier molecular flexibility index (Phi) is 7.75. The fourth-order valence-corrected chi connectivity index (χ4v) is 3.74. The maximum atomic E-state index is 14.1. The van der Waals surface area contributed by atoms with Gasteiger partial charge in [0.2, 0.25) is 5.91 Å². The molecule has 1 fully saturated rings. The first-order chi connectivity index (χ1) is 14.1. The first-order valence-electron chi connectivity index (χ1n) is 10.1. The van der Waals surface area contributed by atoms with E-state index in [-0.39, 0.29) is 23.6 Å². The molecule has 1 heterocycles. The fraction of sp³-hybridized carbons (Fsp3) is 0.435. The normalized spacial score (nSPS) is 19.8. The molecule has 5 nitrogen and oxygen atoms in total. The summed E-state index contributed by atoms with van der Waals surface area (Å²) in [5.41, 5.74) is 1.46. The number of hydroxylamine groups is 1. The molecule has 2 atom stereocenters. The van der Waals surface area contributed by atoms with Gasteiger partial charge < -0.3 is 9.64 Å². The molecule has 0 aliphatic carbocycles. The number of nitrogens with zero attached hydrogens (tertiary/aromatic N) is 2. The van der Waals surface area contributed by atoms with Crippen LogP contribution in [0.1, 0.15) is 18.9 Å². The summed E-state index contributed by atoms with van der Waals surface area (Å²) in [6.07, 6.45) is 1.91. The number of carbonyl (C=O) groups is 1. The molecule has 156 valence electrons. The predicted molar refractivity (Wildman–Crippen MR) is 111 cm³/mol. The van der Waals surface area contributed by atoms with Crippen LogP contribution in [0.3, 0.4) is 0 Å². The van der Waals surface area contributed by atoms with Crippen LogP contribution in [0.2, 0.25) is 0 Å². The van der Waals surface area contributed by atoms with Crippen molar-refractivity contribution < 1.29 is 18.8 Å². The highest BCUT2D eigenvalue weighted by Gasteiger charge is 2.30. The van der Waals surface area contributed by atoms with Gasteiger partial charge in [-0.1, -0.05) is 42.5 Å². The van der Waals surface area contributed by atoms with Gasteiger partial charge in [-0.15, -0.1) is 0 Å². The molecular formula is C23H29FN2O3. The lowest BCUT2D eigenvalue weighted by molar-refractivity contribution is -0.126. The number of likely N-dealkylation sites (tertiary alicyclic amines) is 1. The van der Waals surface area contributed by atoms with Gasteiger partial charge in [-0.05, 0) is 37.1 Å². The highest BCUT2D eigenvalue weighted by Crippen LogP contribution is 2.24. The SMILES string of the molecule is COC1CN(CCc2ccccc2)CCC1CON(C(C)=O)c1ccccc1F. The smallest absolute Gasteiger partial charge is 0.247 e. The van der Waals surface area contributed by atoms with Crippen molar-refractivity contribution >= 4 is 11.6 Å². The Morgan fingerprint density at radius 1 is 1.17 bits per heavy atom. The maximum absolute atomic E-state index is 14.1. The molecule has 2 unspecified atom stereocenters. The average Bonchev–Trinajstić information content (AvgIpc) is 2.74. The summed E-state index contributed by atoms with van der Waals surface area (Å²) in [5.74, 6) is -0.701. The molecule has 1 aliphatic heterocycles. The van der Waals surface area contributed by atoms with Crippen LogP contribution in [0.25, 0.3) is 0 Å². The van der Waals surface area contributed by atoms with Crippen molar-refractivity contribution in [2.75, 3.05) is 38.4 Å². The molecule has 0 aromatic heterocycles. The first kappa shape index (κ1) is 21.4. The van der Waals surface area contributed by atoms with Crippen LogP contribution in [0.15, 0.2) is 54.6 Å². The number of amides is 1. The molecule has 0 radical (unpaired) electrons. The van der Waals surface area contributed by atoms with Gasteiger partial charge in [-0.3, -0.25) is 9.63 Å². The number of halogens is 1. The zero-order valence-electron chi connectivity index (χ0n) is 17.1. The quantitative estimate of drug-likeness (QED) is 0.634. The fourth-order valence-electron chi connectivity index (χ4n) is 3.74. The van der Waals surface area contributed by atoms with Crippen LogP contribution in [0.4, 0.5) is 10.1 Å². The molecule has 0 N–H and O–H groups in total. The van der Waals surface area contributed by atoms with Crippen molar-refractivity contribution in [1.82, 2.24) is 4.90 Å². The van der Waals surface area contributed by atoms with Gasteiger partial charge in [0.1, 0.15) is 11.5 Å². The van der Waals surface area contributed by atoms with Gasteiger partial charge in [0.05, 0.1) is 12.7 Å². The Morgan fingerprint density at radius 3 is 2.59 bits per heavy atom. The van der Waals surface area contributed by atoms with Crippen LogP contribution in [0.5, 0.6) is 0 Å². The molecule has 3 rings (SSSR count). The summed E-state index contributed by atoms with van der Waals surface area (Å²) < 4.78 is 19.8. The molecule has 1 saturated heterocycles. The Bertz CT molecular complexity index is 787. The van der Waals surface area contributed by atoms with E-state index in [1.54, 1.807) is 19.2 Å². The third-order valence-electron chi connectivity index (χ3n) is 5.42. The van der Waals surface area contributed by atoms with Crippen LogP contribution >= 0.6 is 0 Å².